The second-order valence-corrected chi connectivity index (χ2v) is 6.52. The fraction of sp³-hybridized carbons (Fsp3) is 0.647. The Bertz CT molecular complexity index is 551. The van der Waals surface area contributed by atoms with Gasteiger partial charge in [-0.25, -0.2) is 0 Å². The van der Waals surface area contributed by atoms with Crippen molar-refractivity contribution in [2.45, 2.75) is 37.8 Å². The highest BCUT2D eigenvalue weighted by Crippen LogP contribution is 2.41. The van der Waals surface area contributed by atoms with Gasteiger partial charge in [0, 0.05) is 32.2 Å². The van der Waals surface area contributed by atoms with Gasteiger partial charge in [-0.05, 0) is 30.0 Å². The van der Waals surface area contributed by atoms with E-state index in [9.17, 15) is 17.6 Å². The number of ether oxygens (including phenoxy) is 1. The Kier molecular flexibility index (Phi) is 6.93. The first kappa shape index (κ1) is 20.3. The summed E-state index contributed by atoms with van der Waals surface area (Å²) in [7, 11) is 0. The summed E-state index contributed by atoms with van der Waals surface area (Å²) in [6, 6.07) is 6.34. The average molecular weight is 383 g/mol. The summed E-state index contributed by atoms with van der Waals surface area (Å²) in [5.41, 5.74) is 0.853. The van der Waals surface area contributed by atoms with E-state index in [0.717, 1.165) is 38.2 Å². The van der Waals surface area contributed by atoms with E-state index in [1.54, 1.807) is 6.07 Å². The van der Waals surface area contributed by atoms with Crippen molar-refractivity contribution in [3.05, 3.63) is 29.8 Å². The highest BCUT2D eigenvalue weighted by atomic mass is 35.5. The quantitative estimate of drug-likeness (QED) is 0.719. The lowest BCUT2D eigenvalue weighted by Gasteiger charge is -2.35. The first-order chi connectivity index (χ1) is 11.5. The molecule has 1 aliphatic carbocycles. The Morgan fingerprint density at radius 2 is 1.88 bits per heavy atom. The number of halogens is 5. The van der Waals surface area contributed by atoms with Crippen LogP contribution in [0.1, 0.15) is 30.9 Å². The summed E-state index contributed by atoms with van der Waals surface area (Å²) in [6.45, 7) is 3.55. The van der Waals surface area contributed by atoms with Crippen molar-refractivity contribution in [1.82, 2.24) is 10.2 Å². The summed E-state index contributed by atoms with van der Waals surface area (Å²) in [5.74, 6) is 0.450. The zero-order valence-electron chi connectivity index (χ0n) is 13.8. The highest BCUT2D eigenvalue weighted by molar-refractivity contribution is 5.85. The minimum atomic E-state index is -4.47. The fourth-order valence-corrected chi connectivity index (χ4v) is 3.15. The molecule has 0 spiro atoms. The largest absolute Gasteiger partial charge is 0.461 e. The smallest absolute Gasteiger partial charge is 0.428 e. The van der Waals surface area contributed by atoms with Crippen molar-refractivity contribution < 1.29 is 22.3 Å². The Balaban J connectivity index is 0.00000225. The maximum absolute atomic E-state index is 13.1. The van der Waals surface area contributed by atoms with Gasteiger partial charge in [-0.1, -0.05) is 25.0 Å². The normalized spacial score (nSPS) is 20.2. The van der Waals surface area contributed by atoms with Crippen LogP contribution < -0.4 is 10.1 Å². The van der Waals surface area contributed by atoms with E-state index in [1.165, 1.54) is 25.0 Å². The molecule has 1 aromatic rings. The van der Waals surface area contributed by atoms with Crippen LogP contribution in [0.4, 0.5) is 17.6 Å². The lowest BCUT2D eigenvalue weighted by Crippen LogP contribution is -2.45. The molecule has 0 radical (unpaired) electrons. The average Bonchev–Trinajstić information content (AvgIpc) is 3.37. The molecule has 0 bridgehead atoms. The number of nitrogens with zero attached hydrogens (tertiary/aromatic N) is 1. The number of rotatable bonds is 7. The SMILES string of the molecule is Cl.FC(F)C(F)(F)Oc1cccc([C@@H](CC2CC2)N2CCNCC2)c1. The predicted molar refractivity (Wildman–Crippen MR) is 89.8 cm³/mol. The number of alkyl halides is 4. The van der Waals surface area contributed by atoms with E-state index in [4.69, 9.17) is 0 Å². The molecule has 2 aliphatic rings. The third kappa shape index (κ3) is 5.46. The third-order valence-corrected chi connectivity index (χ3v) is 4.60. The second kappa shape index (κ2) is 8.56. The van der Waals surface area contributed by atoms with Crippen molar-refractivity contribution in [3.8, 4) is 5.75 Å². The Hall–Kier alpha value is -1.05. The molecule has 1 aliphatic heterocycles. The minimum Gasteiger partial charge on any atom is -0.428 e. The Morgan fingerprint density at radius 3 is 2.48 bits per heavy atom. The topological polar surface area (TPSA) is 24.5 Å². The van der Waals surface area contributed by atoms with Gasteiger partial charge in [-0.2, -0.15) is 17.6 Å². The van der Waals surface area contributed by atoms with Gasteiger partial charge in [-0.3, -0.25) is 4.90 Å². The molecule has 2 fully saturated rings. The molecule has 3 nitrogen and oxygen atoms in total. The number of piperazine rings is 1. The predicted octanol–water partition coefficient (Wildman–Crippen LogP) is 4.09. The van der Waals surface area contributed by atoms with E-state index in [-0.39, 0.29) is 24.2 Å². The summed E-state index contributed by atoms with van der Waals surface area (Å²) in [4.78, 5) is 2.33. The zero-order chi connectivity index (χ0) is 17.2. The van der Waals surface area contributed by atoms with Crippen LogP contribution in [-0.4, -0.2) is 43.6 Å². The molecule has 0 amide bonds. The summed E-state index contributed by atoms with van der Waals surface area (Å²) >= 11 is 0. The van der Waals surface area contributed by atoms with Gasteiger partial charge in [0.2, 0.25) is 0 Å². The van der Waals surface area contributed by atoms with Crippen molar-refractivity contribution in [1.29, 1.82) is 0 Å². The first-order valence-electron chi connectivity index (χ1n) is 8.35. The van der Waals surface area contributed by atoms with Crippen LogP contribution in [-0.2, 0) is 0 Å². The van der Waals surface area contributed by atoms with Crippen LogP contribution in [0.3, 0.4) is 0 Å². The van der Waals surface area contributed by atoms with Crippen molar-refractivity contribution in [2.24, 2.45) is 5.92 Å². The van der Waals surface area contributed by atoms with E-state index in [2.05, 4.69) is 15.0 Å². The molecule has 1 saturated carbocycles. The molecule has 0 aromatic heterocycles. The lowest BCUT2D eigenvalue weighted by molar-refractivity contribution is -0.253. The van der Waals surface area contributed by atoms with Gasteiger partial charge in [0.15, 0.2) is 0 Å². The molecule has 1 heterocycles. The number of nitrogens with one attached hydrogen (secondary N) is 1. The molecule has 0 unspecified atom stereocenters. The highest BCUT2D eigenvalue weighted by Gasteiger charge is 2.44. The van der Waals surface area contributed by atoms with Crippen molar-refractivity contribution in [3.63, 3.8) is 0 Å². The molecular formula is C17H23ClF4N2O. The van der Waals surface area contributed by atoms with Gasteiger partial charge in [0.05, 0.1) is 0 Å². The van der Waals surface area contributed by atoms with E-state index in [0.29, 0.717) is 5.92 Å². The maximum Gasteiger partial charge on any atom is 0.461 e. The maximum atomic E-state index is 13.1. The monoisotopic (exact) mass is 382 g/mol. The van der Waals surface area contributed by atoms with Crippen LogP contribution in [0.15, 0.2) is 24.3 Å². The summed E-state index contributed by atoms with van der Waals surface area (Å²) in [5, 5.41) is 3.30. The molecular weight excluding hydrogens is 360 g/mol. The number of hydrogen-bond acceptors (Lipinski definition) is 3. The first-order valence-corrected chi connectivity index (χ1v) is 8.35. The van der Waals surface area contributed by atoms with Crippen LogP contribution in [0.2, 0.25) is 0 Å². The van der Waals surface area contributed by atoms with Crippen LogP contribution in [0.25, 0.3) is 0 Å². The number of hydrogen-bond donors (Lipinski definition) is 1. The molecule has 25 heavy (non-hydrogen) atoms. The molecule has 142 valence electrons. The zero-order valence-corrected chi connectivity index (χ0v) is 14.6. The fourth-order valence-electron chi connectivity index (χ4n) is 3.15. The summed E-state index contributed by atoms with van der Waals surface area (Å²) in [6.07, 6.45) is -4.96. The Labute approximate surface area is 151 Å². The van der Waals surface area contributed by atoms with Gasteiger partial charge in [0.25, 0.3) is 0 Å². The standard InChI is InChI=1S/C17H22F4N2O.ClH/c18-16(19)17(20,21)24-14-3-1-2-13(11-14)15(10-12-4-5-12)23-8-6-22-7-9-23;/h1-3,11-12,15-16,22H,4-10H2;1H/t15-;/m1./s1. The van der Waals surface area contributed by atoms with Crippen LogP contribution in [0, 0.1) is 5.92 Å². The molecule has 1 atom stereocenters. The van der Waals surface area contributed by atoms with Crippen molar-refractivity contribution >= 4 is 12.4 Å². The minimum absolute atomic E-state index is 0. The summed E-state index contributed by atoms with van der Waals surface area (Å²) < 4.78 is 55.2. The molecule has 1 saturated heterocycles. The lowest BCUT2D eigenvalue weighted by atomic mass is 9.98. The van der Waals surface area contributed by atoms with Crippen molar-refractivity contribution in [2.75, 3.05) is 26.2 Å². The van der Waals surface area contributed by atoms with Crippen LogP contribution >= 0.6 is 12.4 Å². The molecule has 1 aromatic carbocycles. The van der Waals surface area contributed by atoms with Gasteiger partial charge in [0.1, 0.15) is 5.75 Å². The molecule has 8 heteroatoms. The number of benzene rings is 1. The van der Waals surface area contributed by atoms with E-state index < -0.39 is 12.5 Å². The van der Waals surface area contributed by atoms with E-state index in [1.807, 2.05) is 6.07 Å². The van der Waals surface area contributed by atoms with Gasteiger partial charge < -0.3 is 10.1 Å². The molecule has 1 N–H and O–H groups in total. The molecule has 3 rings (SSSR count). The van der Waals surface area contributed by atoms with Gasteiger partial charge >= 0.3 is 12.5 Å². The Morgan fingerprint density at radius 1 is 1.20 bits per heavy atom. The second-order valence-electron chi connectivity index (χ2n) is 6.52. The van der Waals surface area contributed by atoms with Gasteiger partial charge in [-0.15, -0.1) is 12.4 Å². The van der Waals surface area contributed by atoms with Crippen LogP contribution in [0.5, 0.6) is 5.75 Å². The van der Waals surface area contributed by atoms with E-state index >= 15 is 0 Å². The third-order valence-electron chi connectivity index (χ3n) is 4.60.